The van der Waals surface area contributed by atoms with Crippen molar-refractivity contribution in [3.63, 3.8) is 0 Å². The lowest BCUT2D eigenvalue weighted by Crippen LogP contribution is -2.46. The second kappa shape index (κ2) is 7.65. The second-order valence-electron chi connectivity index (χ2n) is 7.48. The zero-order valence-corrected chi connectivity index (χ0v) is 16.9. The van der Waals surface area contributed by atoms with Crippen molar-refractivity contribution >= 4 is 28.9 Å². The van der Waals surface area contributed by atoms with Crippen molar-refractivity contribution in [2.24, 2.45) is 9.98 Å². The highest BCUT2D eigenvalue weighted by molar-refractivity contribution is 6.20. The van der Waals surface area contributed by atoms with Crippen LogP contribution in [0.4, 0.5) is 5.69 Å². The molecular weight excluding hydrogens is 388 g/mol. The highest BCUT2D eigenvalue weighted by Gasteiger charge is 2.32. The smallest absolute Gasteiger partial charge is 0.272 e. The molecule has 152 valence electrons. The van der Waals surface area contributed by atoms with E-state index in [4.69, 9.17) is 4.99 Å². The van der Waals surface area contributed by atoms with Crippen LogP contribution < -0.4 is 10.2 Å². The van der Waals surface area contributed by atoms with E-state index >= 15 is 0 Å². The Morgan fingerprint density at radius 1 is 1.10 bits per heavy atom. The molecule has 0 radical (unpaired) electrons. The molecule has 6 heteroatoms. The van der Waals surface area contributed by atoms with E-state index in [1.165, 1.54) is 0 Å². The van der Waals surface area contributed by atoms with Crippen molar-refractivity contribution in [2.45, 2.75) is 12.6 Å². The van der Waals surface area contributed by atoms with Gasteiger partial charge in [-0.3, -0.25) is 9.59 Å². The first-order valence-corrected chi connectivity index (χ1v) is 10.1. The average molecular weight is 408 g/mol. The van der Waals surface area contributed by atoms with Crippen LogP contribution in [0.1, 0.15) is 17.5 Å². The molecule has 0 saturated heterocycles. The summed E-state index contributed by atoms with van der Waals surface area (Å²) in [5.41, 5.74) is 5.19. The van der Waals surface area contributed by atoms with Gasteiger partial charge in [0.15, 0.2) is 0 Å². The molecule has 5 rings (SSSR count). The van der Waals surface area contributed by atoms with Gasteiger partial charge in [-0.2, -0.15) is 0 Å². The topological polar surface area (TPSA) is 74.1 Å². The van der Waals surface area contributed by atoms with E-state index in [1.54, 1.807) is 18.0 Å². The van der Waals surface area contributed by atoms with Crippen LogP contribution in [-0.2, 0) is 9.59 Å². The first kappa shape index (κ1) is 18.9. The summed E-state index contributed by atoms with van der Waals surface area (Å²) in [7, 11) is 1.70. The molecule has 3 aliphatic rings. The van der Waals surface area contributed by atoms with Gasteiger partial charge in [0, 0.05) is 24.6 Å². The number of amides is 2. The number of fused-ring (bicyclic) bond motifs is 2. The first-order chi connectivity index (χ1) is 15.1. The van der Waals surface area contributed by atoms with Crippen LogP contribution in [0.5, 0.6) is 0 Å². The van der Waals surface area contributed by atoms with Crippen molar-refractivity contribution < 1.29 is 9.59 Å². The fraction of sp³-hybridized carbons (Fsp3) is 0.120. The number of aliphatic imine (C=N–C) groups is 2. The van der Waals surface area contributed by atoms with Crippen molar-refractivity contribution in [1.29, 1.82) is 0 Å². The van der Waals surface area contributed by atoms with Crippen LogP contribution in [0, 0.1) is 0 Å². The third-order valence-electron chi connectivity index (χ3n) is 5.49. The summed E-state index contributed by atoms with van der Waals surface area (Å²) in [5.74, 6) is -0.729. The number of likely N-dealkylation sites (N-methyl/N-ethyl adjacent to an activating group) is 1. The van der Waals surface area contributed by atoms with E-state index in [0.29, 0.717) is 17.8 Å². The number of hydrogen-bond acceptors (Lipinski definition) is 4. The van der Waals surface area contributed by atoms with Crippen LogP contribution in [0.3, 0.4) is 0 Å². The molecule has 1 aliphatic carbocycles. The number of benzodiazepines with no additional fused rings is 1. The number of rotatable bonds is 3. The summed E-state index contributed by atoms with van der Waals surface area (Å²) in [6.45, 7) is 0. The number of anilines is 1. The summed E-state index contributed by atoms with van der Waals surface area (Å²) >= 11 is 0. The number of carbonyl (C=O) groups is 2. The van der Waals surface area contributed by atoms with Crippen LogP contribution >= 0.6 is 0 Å². The third-order valence-corrected chi connectivity index (χ3v) is 5.49. The van der Waals surface area contributed by atoms with Gasteiger partial charge in [-0.05, 0) is 17.7 Å². The maximum absolute atomic E-state index is 13.2. The van der Waals surface area contributed by atoms with Crippen molar-refractivity contribution in [3.8, 4) is 0 Å². The van der Waals surface area contributed by atoms with Crippen molar-refractivity contribution in [3.05, 3.63) is 101 Å². The van der Waals surface area contributed by atoms with Gasteiger partial charge in [-0.25, -0.2) is 9.98 Å². The van der Waals surface area contributed by atoms with Gasteiger partial charge in [0.05, 0.1) is 17.1 Å². The Morgan fingerprint density at radius 2 is 1.87 bits per heavy atom. The minimum absolute atomic E-state index is 0.290. The summed E-state index contributed by atoms with van der Waals surface area (Å²) in [6, 6.07) is 17.3. The van der Waals surface area contributed by atoms with Gasteiger partial charge in [0.2, 0.25) is 6.17 Å². The zero-order chi connectivity index (χ0) is 21.4. The van der Waals surface area contributed by atoms with Crippen LogP contribution in [0.25, 0.3) is 0 Å². The lowest BCUT2D eigenvalue weighted by Gasteiger charge is -2.20. The molecule has 0 bridgehead atoms. The number of allylic oxidation sites excluding steroid dienone is 5. The van der Waals surface area contributed by atoms with Gasteiger partial charge in [-0.15, -0.1) is 0 Å². The van der Waals surface area contributed by atoms with E-state index in [2.05, 4.69) is 10.3 Å². The van der Waals surface area contributed by atoms with E-state index in [9.17, 15) is 9.59 Å². The SMILES string of the molecule is CN1C(=O)[C@@H](NC(=O)C2=CC3=CC=CCC3=N2)N=C(c2ccccc2)c2ccccc21. The number of benzene rings is 2. The summed E-state index contributed by atoms with van der Waals surface area (Å²) in [5, 5.41) is 2.78. The summed E-state index contributed by atoms with van der Waals surface area (Å²) < 4.78 is 0. The van der Waals surface area contributed by atoms with Crippen molar-refractivity contribution in [1.82, 2.24) is 5.32 Å². The monoisotopic (exact) mass is 408 g/mol. The highest BCUT2D eigenvalue weighted by Crippen LogP contribution is 2.27. The fourth-order valence-electron chi connectivity index (χ4n) is 3.89. The van der Waals surface area contributed by atoms with E-state index < -0.39 is 12.1 Å². The van der Waals surface area contributed by atoms with Gasteiger partial charge in [0.1, 0.15) is 5.70 Å². The van der Waals surface area contributed by atoms with Crippen LogP contribution in [0.2, 0.25) is 0 Å². The number of nitrogens with one attached hydrogen (secondary N) is 1. The predicted octanol–water partition coefficient (Wildman–Crippen LogP) is 3.17. The Bertz CT molecular complexity index is 1240. The third kappa shape index (κ3) is 3.42. The van der Waals surface area contributed by atoms with Gasteiger partial charge in [0.25, 0.3) is 11.8 Å². The van der Waals surface area contributed by atoms with Crippen LogP contribution in [0.15, 0.2) is 100 Å². The molecule has 1 N–H and O–H groups in total. The molecule has 0 aromatic heterocycles. The van der Waals surface area contributed by atoms with E-state index in [-0.39, 0.29) is 5.91 Å². The molecule has 2 amide bonds. The molecule has 6 nitrogen and oxygen atoms in total. The normalized spacial score (nSPS) is 19.5. The minimum atomic E-state index is -1.06. The molecule has 31 heavy (non-hydrogen) atoms. The lowest BCUT2D eigenvalue weighted by atomic mass is 10.0. The number of hydrogen-bond donors (Lipinski definition) is 1. The van der Waals surface area contributed by atoms with Gasteiger partial charge in [-0.1, -0.05) is 66.8 Å². The quantitative estimate of drug-likeness (QED) is 0.847. The molecule has 0 saturated carbocycles. The van der Waals surface area contributed by atoms with Crippen LogP contribution in [-0.4, -0.2) is 36.5 Å². The summed E-state index contributed by atoms with van der Waals surface area (Å²) in [4.78, 5) is 36.9. The number of nitrogens with zero attached hydrogens (tertiary/aromatic N) is 3. The number of carbonyl (C=O) groups excluding carboxylic acids is 2. The second-order valence-corrected chi connectivity index (χ2v) is 7.48. The Kier molecular flexibility index (Phi) is 4.67. The molecule has 2 aliphatic heterocycles. The Morgan fingerprint density at radius 3 is 2.68 bits per heavy atom. The lowest BCUT2D eigenvalue weighted by molar-refractivity contribution is -0.125. The Labute approximate surface area is 180 Å². The minimum Gasteiger partial charge on any atom is -0.321 e. The molecule has 1 atom stereocenters. The maximum Gasteiger partial charge on any atom is 0.272 e. The molecule has 2 aromatic carbocycles. The average Bonchev–Trinajstić information content (AvgIpc) is 3.22. The first-order valence-electron chi connectivity index (χ1n) is 10.1. The standard InChI is InChI=1S/C25H20N4O2/c1-29-21-14-8-6-12-18(21)22(16-9-3-2-4-10-16)27-23(25(29)31)28-24(30)20-15-17-11-5-7-13-19(17)26-20/h2-12,14-15,23H,13H2,1H3,(H,28,30)/t23-/m1/s1. The molecule has 0 spiro atoms. The molecule has 0 unspecified atom stereocenters. The number of para-hydroxylation sites is 1. The molecule has 2 heterocycles. The predicted molar refractivity (Wildman–Crippen MR) is 121 cm³/mol. The molecule has 0 fully saturated rings. The van der Waals surface area contributed by atoms with Crippen molar-refractivity contribution in [2.75, 3.05) is 11.9 Å². The fourth-order valence-corrected chi connectivity index (χ4v) is 3.89. The largest absolute Gasteiger partial charge is 0.321 e. The van der Waals surface area contributed by atoms with Gasteiger partial charge < -0.3 is 10.2 Å². The zero-order valence-electron chi connectivity index (χ0n) is 16.9. The maximum atomic E-state index is 13.2. The van der Waals surface area contributed by atoms with E-state index in [0.717, 1.165) is 28.1 Å². The molecule has 2 aromatic rings. The summed E-state index contributed by atoms with van der Waals surface area (Å²) in [6.07, 6.45) is 7.24. The highest BCUT2D eigenvalue weighted by atomic mass is 16.2. The Balaban J connectivity index is 1.52. The van der Waals surface area contributed by atoms with Gasteiger partial charge >= 0.3 is 0 Å². The van der Waals surface area contributed by atoms with E-state index in [1.807, 2.05) is 72.8 Å². The molecular formula is C25H20N4O2. The Hall–Kier alpha value is -4.06.